The van der Waals surface area contributed by atoms with Crippen LogP contribution in [0.25, 0.3) is 0 Å². The van der Waals surface area contributed by atoms with E-state index in [2.05, 4.69) is 25.3 Å². The molecule has 2 aliphatic heterocycles. The molecule has 1 fully saturated rings. The number of nitrogens with one attached hydrogen (secondary N) is 1. The number of thioether (sulfide) groups is 2. The van der Waals surface area contributed by atoms with Crippen molar-refractivity contribution < 1.29 is 14.7 Å². The predicted octanol–water partition coefficient (Wildman–Crippen LogP) is 1.14. The summed E-state index contributed by atoms with van der Waals surface area (Å²) < 4.78 is 0. The number of nitrogens with zero attached hydrogens (tertiary/aromatic N) is 5. The Kier molecular flexibility index (Phi) is 6.25. The van der Waals surface area contributed by atoms with E-state index in [9.17, 15) is 14.7 Å². The molecule has 1 amide bonds. The number of hydrogen-bond acceptors (Lipinski definition) is 9. The molecule has 9 nitrogen and oxygen atoms in total. The number of rotatable bonds is 7. The fourth-order valence-corrected chi connectivity index (χ4v) is 5.71. The molecule has 4 rings (SSSR count). The van der Waals surface area contributed by atoms with Crippen molar-refractivity contribution in [3.05, 3.63) is 54.1 Å². The number of aliphatic carboxylic acids is 1. The van der Waals surface area contributed by atoms with Crippen molar-refractivity contribution in [2.24, 2.45) is 0 Å². The summed E-state index contributed by atoms with van der Waals surface area (Å²) >= 11 is 8.27. The highest BCUT2D eigenvalue weighted by molar-refractivity contribution is 8.01. The molecule has 0 spiro atoms. The molecule has 1 saturated heterocycles. The minimum absolute atomic E-state index is 0.0537. The third kappa shape index (κ3) is 4.30. The third-order valence-electron chi connectivity index (χ3n) is 4.46. The minimum Gasteiger partial charge on any atom is -0.477 e. The van der Waals surface area contributed by atoms with Crippen molar-refractivity contribution in [1.82, 2.24) is 30.2 Å². The smallest absolute Gasteiger partial charge is 0.352 e. The summed E-state index contributed by atoms with van der Waals surface area (Å²) in [4.78, 5) is 42.9. The van der Waals surface area contributed by atoms with Crippen LogP contribution < -0.4 is 5.32 Å². The Morgan fingerprint density at radius 2 is 2.03 bits per heavy atom. The largest absolute Gasteiger partial charge is 0.477 e. The minimum atomic E-state index is -1.11. The fraction of sp³-hybridized carbons (Fsp3) is 0.278. The molecule has 12 heteroatoms. The maximum atomic E-state index is 12.8. The van der Waals surface area contributed by atoms with E-state index >= 15 is 0 Å². The summed E-state index contributed by atoms with van der Waals surface area (Å²) in [6.45, 7) is 0. The van der Waals surface area contributed by atoms with Crippen molar-refractivity contribution in [2.45, 2.75) is 22.9 Å². The summed E-state index contributed by atoms with van der Waals surface area (Å²) in [5.74, 6) is -0.470. The van der Waals surface area contributed by atoms with Gasteiger partial charge in [-0.3, -0.25) is 24.6 Å². The average Bonchev–Trinajstić information content (AvgIpc) is 2.76. The topological polar surface area (TPSA) is 121 Å². The number of aromatic nitrogens is 4. The summed E-state index contributed by atoms with van der Waals surface area (Å²) in [6.07, 6.45) is 9.92. The van der Waals surface area contributed by atoms with Crippen molar-refractivity contribution in [3.8, 4) is 0 Å². The molecule has 1 unspecified atom stereocenters. The number of fused-ring (bicyclic) bond motifs is 1. The van der Waals surface area contributed by atoms with Crippen LogP contribution in [0.3, 0.4) is 0 Å². The maximum absolute atomic E-state index is 12.8. The predicted molar refractivity (Wildman–Crippen MR) is 116 cm³/mol. The van der Waals surface area contributed by atoms with Crippen molar-refractivity contribution in [3.63, 3.8) is 0 Å². The number of hydrogen-bond donors (Lipinski definition) is 2. The number of carboxylic acids is 1. The molecule has 4 heterocycles. The first-order valence-corrected chi connectivity index (χ1v) is 11.3. The summed E-state index contributed by atoms with van der Waals surface area (Å²) in [5, 5.41) is 13.2. The molecule has 0 bridgehead atoms. The molecule has 0 aromatic carbocycles. The van der Waals surface area contributed by atoms with Gasteiger partial charge in [-0.2, -0.15) is 0 Å². The molecule has 154 valence electrons. The van der Waals surface area contributed by atoms with Gasteiger partial charge in [-0.05, 0) is 5.57 Å². The van der Waals surface area contributed by atoms with Crippen LogP contribution in [0, 0.1) is 0 Å². The second kappa shape index (κ2) is 9.06. The van der Waals surface area contributed by atoms with Gasteiger partial charge in [0.15, 0.2) is 0 Å². The van der Waals surface area contributed by atoms with E-state index in [-0.39, 0.29) is 17.0 Å². The first-order valence-electron chi connectivity index (χ1n) is 8.87. The highest BCUT2D eigenvalue weighted by Crippen LogP contribution is 2.41. The van der Waals surface area contributed by atoms with E-state index in [4.69, 9.17) is 12.2 Å². The van der Waals surface area contributed by atoms with Crippen LogP contribution in [0.1, 0.15) is 5.69 Å². The van der Waals surface area contributed by atoms with Gasteiger partial charge >= 0.3 is 5.97 Å². The highest BCUT2D eigenvalue weighted by atomic mass is 32.2. The lowest BCUT2D eigenvalue weighted by Gasteiger charge is -2.49. The zero-order chi connectivity index (χ0) is 21.1. The SMILES string of the molecule is O=C(O)C1=C(CSc2cnccn2)CS[C@@H]2C(NC(=S)Cc3cnccn3)C(=O)N12. The molecule has 2 aromatic rings. The maximum Gasteiger partial charge on any atom is 0.352 e. The van der Waals surface area contributed by atoms with E-state index in [0.29, 0.717) is 39.2 Å². The van der Waals surface area contributed by atoms with E-state index in [1.165, 1.54) is 28.4 Å². The van der Waals surface area contributed by atoms with Gasteiger partial charge in [0, 0.05) is 48.9 Å². The van der Waals surface area contributed by atoms with Crippen LogP contribution in [-0.4, -0.2) is 69.7 Å². The highest BCUT2D eigenvalue weighted by Gasteiger charge is 2.53. The van der Waals surface area contributed by atoms with Gasteiger partial charge in [0.1, 0.15) is 22.1 Å². The monoisotopic (exact) mass is 460 g/mol. The Hall–Kier alpha value is -2.57. The van der Waals surface area contributed by atoms with Crippen LogP contribution in [0.5, 0.6) is 0 Å². The zero-order valence-corrected chi connectivity index (χ0v) is 17.9. The van der Waals surface area contributed by atoms with Crippen LogP contribution >= 0.6 is 35.7 Å². The molecular weight excluding hydrogens is 444 g/mol. The van der Waals surface area contributed by atoms with Gasteiger partial charge in [-0.1, -0.05) is 12.2 Å². The number of β-lactam (4-membered cyclic amide) rings is 1. The van der Waals surface area contributed by atoms with E-state index in [1.54, 1.807) is 37.2 Å². The number of carbonyl (C=O) groups is 2. The quantitative estimate of drug-likeness (QED) is 0.351. The van der Waals surface area contributed by atoms with Crippen LogP contribution in [0.15, 0.2) is 53.5 Å². The van der Waals surface area contributed by atoms with Gasteiger partial charge in [0.2, 0.25) is 0 Å². The zero-order valence-electron chi connectivity index (χ0n) is 15.5. The van der Waals surface area contributed by atoms with E-state index < -0.39 is 12.0 Å². The van der Waals surface area contributed by atoms with Gasteiger partial charge in [0.25, 0.3) is 5.91 Å². The number of amides is 1. The lowest BCUT2D eigenvalue weighted by atomic mass is 10.0. The van der Waals surface area contributed by atoms with Crippen LogP contribution in [0.2, 0.25) is 0 Å². The number of carbonyl (C=O) groups excluding carboxylic acids is 1. The Morgan fingerprint density at radius 1 is 1.27 bits per heavy atom. The molecule has 2 aliphatic rings. The molecule has 0 radical (unpaired) electrons. The summed E-state index contributed by atoms with van der Waals surface area (Å²) in [6, 6.07) is -0.553. The summed E-state index contributed by atoms with van der Waals surface area (Å²) in [7, 11) is 0. The number of carboxylic acid groups (broad SMARTS) is 1. The first kappa shape index (κ1) is 20.7. The van der Waals surface area contributed by atoms with Crippen LogP contribution in [-0.2, 0) is 16.0 Å². The summed E-state index contributed by atoms with van der Waals surface area (Å²) in [5.41, 5.74) is 1.44. The first-order chi connectivity index (χ1) is 14.5. The van der Waals surface area contributed by atoms with Gasteiger partial charge in [-0.25, -0.2) is 9.78 Å². The Balaban J connectivity index is 1.43. The molecule has 2 N–H and O–H groups in total. The van der Waals surface area contributed by atoms with Gasteiger partial charge in [0.05, 0.1) is 16.9 Å². The van der Waals surface area contributed by atoms with E-state index in [1.807, 2.05) is 0 Å². The van der Waals surface area contributed by atoms with Gasteiger partial charge < -0.3 is 10.4 Å². The third-order valence-corrected chi connectivity index (χ3v) is 7.06. The Bertz CT molecular complexity index is 1000. The van der Waals surface area contributed by atoms with E-state index in [0.717, 1.165) is 0 Å². The molecule has 0 saturated carbocycles. The molecule has 30 heavy (non-hydrogen) atoms. The molecule has 0 aliphatic carbocycles. The average molecular weight is 461 g/mol. The Labute approximate surface area is 185 Å². The lowest BCUT2D eigenvalue weighted by Crippen LogP contribution is -2.70. The molecular formula is C18H16N6O3S3. The molecule has 2 aromatic heterocycles. The Morgan fingerprint density at radius 3 is 2.70 bits per heavy atom. The van der Waals surface area contributed by atoms with Crippen molar-refractivity contribution >= 4 is 52.6 Å². The van der Waals surface area contributed by atoms with Crippen LogP contribution in [0.4, 0.5) is 0 Å². The lowest BCUT2D eigenvalue weighted by molar-refractivity contribution is -0.148. The second-order valence-electron chi connectivity index (χ2n) is 6.42. The standard InChI is InChI=1S/C18H16N6O3S3/c25-16-14(23-12(28)5-11-6-19-1-3-21-11)17-24(16)15(18(26)27)10(9-30-17)8-29-13-7-20-2-4-22-13/h1-4,6-7,14,17H,5,8-9H2,(H,23,28)(H,26,27)/t14?,17-/m1/s1. The molecule has 2 atom stereocenters. The normalized spacial score (nSPS) is 20.4. The fourth-order valence-electron chi connectivity index (χ4n) is 3.13. The van der Waals surface area contributed by atoms with Crippen molar-refractivity contribution in [1.29, 1.82) is 0 Å². The second-order valence-corrected chi connectivity index (χ2v) is 9.01. The van der Waals surface area contributed by atoms with Gasteiger partial charge in [-0.15, -0.1) is 23.5 Å². The van der Waals surface area contributed by atoms with Crippen molar-refractivity contribution in [2.75, 3.05) is 11.5 Å². The number of thiocarbonyl (C=S) groups is 1.